The number of rotatable bonds is 4. The molecule has 2 saturated heterocycles. The molecule has 2 aromatic rings. The Morgan fingerprint density at radius 2 is 1.93 bits per heavy atom. The first-order valence-electron chi connectivity index (χ1n) is 9.75. The number of aromatic nitrogens is 1. The average molecular weight is 404 g/mol. The van der Waals surface area contributed by atoms with Crippen molar-refractivity contribution in [2.75, 3.05) is 39.4 Å². The first kappa shape index (κ1) is 19.1. The van der Waals surface area contributed by atoms with Crippen LogP contribution in [-0.4, -0.2) is 66.0 Å². The lowest BCUT2D eigenvalue weighted by Crippen LogP contribution is -2.41. The van der Waals surface area contributed by atoms with Crippen molar-refractivity contribution in [2.24, 2.45) is 0 Å². The van der Waals surface area contributed by atoms with Crippen LogP contribution in [0.3, 0.4) is 0 Å². The standard InChI is InChI=1S/C20H25N3O4S/c1-14-18(20(25)23-7-9-26-10-8-23)21-19(27-14)16-2-5-22(6-3-16)17(24)12-15-4-11-28-13-15/h4,11,13,16H,2-3,5-10,12H2,1H3. The van der Waals surface area contributed by atoms with Gasteiger partial charge in [-0.1, -0.05) is 0 Å². The molecule has 2 fully saturated rings. The fraction of sp³-hybridized carbons (Fsp3) is 0.550. The van der Waals surface area contributed by atoms with E-state index in [1.165, 1.54) is 0 Å². The second-order valence-electron chi connectivity index (χ2n) is 7.32. The second kappa shape index (κ2) is 8.45. The van der Waals surface area contributed by atoms with Crippen LogP contribution >= 0.6 is 11.3 Å². The number of carbonyl (C=O) groups excluding carboxylic acids is 2. The number of nitrogens with zero attached hydrogens (tertiary/aromatic N) is 3. The van der Waals surface area contributed by atoms with Crippen molar-refractivity contribution < 1.29 is 18.7 Å². The molecule has 0 atom stereocenters. The maximum Gasteiger partial charge on any atom is 0.276 e. The molecule has 0 unspecified atom stereocenters. The van der Waals surface area contributed by atoms with Crippen molar-refractivity contribution in [3.05, 3.63) is 39.7 Å². The number of hydrogen-bond donors (Lipinski definition) is 0. The van der Waals surface area contributed by atoms with Crippen LogP contribution in [-0.2, 0) is 16.0 Å². The van der Waals surface area contributed by atoms with Gasteiger partial charge in [0.1, 0.15) is 5.76 Å². The van der Waals surface area contributed by atoms with Gasteiger partial charge in [0.15, 0.2) is 11.6 Å². The molecule has 8 heteroatoms. The number of thiophene rings is 1. The molecular weight excluding hydrogens is 378 g/mol. The van der Waals surface area contributed by atoms with Gasteiger partial charge in [-0.25, -0.2) is 4.98 Å². The number of piperidine rings is 1. The molecule has 4 rings (SSSR count). The Morgan fingerprint density at radius 1 is 1.18 bits per heavy atom. The van der Waals surface area contributed by atoms with Crippen LogP contribution in [0.2, 0.25) is 0 Å². The predicted molar refractivity (Wildman–Crippen MR) is 105 cm³/mol. The molecule has 0 bridgehead atoms. The second-order valence-corrected chi connectivity index (χ2v) is 8.10. The quantitative estimate of drug-likeness (QED) is 0.784. The first-order chi connectivity index (χ1) is 13.6. The molecule has 0 saturated carbocycles. The Hall–Kier alpha value is -2.19. The molecule has 0 aromatic carbocycles. The van der Waals surface area contributed by atoms with E-state index in [0.29, 0.717) is 63.2 Å². The van der Waals surface area contributed by atoms with Gasteiger partial charge in [0.05, 0.1) is 19.6 Å². The summed E-state index contributed by atoms with van der Waals surface area (Å²) in [7, 11) is 0. The molecule has 4 heterocycles. The molecule has 2 aliphatic heterocycles. The molecule has 2 aliphatic rings. The van der Waals surface area contributed by atoms with E-state index >= 15 is 0 Å². The fourth-order valence-electron chi connectivity index (χ4n) is 3.76. The maximum absolute atomic E-state index is 12.7. The van der Waals surface area contributed by atoms with E-state index in [2.05, 4.69) is 4.98 Å². The molecule has 2 aromatic heterocycles. The van der Waals surface area contributed by atoms with Crippen molar-refractivity contribution in [1.29, 1.82) is 0 Å². The molecule has 0 N–H and O–H groups in total. The van der Waals surface area contributed by atoms with Gasteiger partial charge in [-0.3, -0.25) is 9.59 Å². The Morgan fingerprint density at radius 3 is 2.61 bits per heavy atom. The summed E-state index contributed by atoms with van der Waals surface area (Å²) >= 11 is 1.61. The van der Waals surface area contributed by atoms with Crippen molar-refractivity contribution in [2.45, 2.75) is 32.1 Å². The van der Waals surface area contributed by atoms with Crippen LogP contribution in [0.4, 0.5) is 0 Å². The van der Waals surface area contributed by atoms with Gasteiger partial charge < -0.3 is 19.0 Å². The summed E-state index contributed by atoms with van der Waals surface area (Å²) in [5.41, 5.74) is 1.49. The van der Waals surface area contributed by atoms with Crippen molar-refractivity contribution in [3.8, 4) is 0 Å². The summed E-state index contributed by atoms with van der Waals surface area (Å²) in [6.45, 7) is 5.49. The summed E-state index contributed by atoms with van der Waals surface area (Å²) in [4.78, 5) is 33.4. The lowest BCUT2D eigenvalue weighted by Gasteiger charge is -2.30. The van der Waals surface area contributed by atoms with E-state index < -0.39 is 0 Å². The van der Waals surface area contributed by atoms with Gasteiger partial charge in [-0.15, -0.1) is 0 Å². The molecule has 150 valence electrons. The Kier molecular flexibility index (Phi) is 5.77. The van der Waals surface area contributed by atoms with Crippen LogP contribution in [0.15, 0.2) is 21.2 Å². The molecule has 7 nitrogen and oxygen atoms in total. The molecular formula is C20H25N3O4S. The Bertz CT molecular complexity index is 819. The van der Waals surface area contributed by atoms with Crippen molar-refractivity contribution >= 4 is 23.2 Å². The lowest BCUT2D eigenvalue weighted by molar-refractivity contribution is -0.131. The highest BCUT2D eigenvalue weighted by atomic mass is 32.1. The molecule has 0 spiro atoms. The highest BCUT2D eigenvalue weighted by molar-refractivity contribution is 7.08. The number of aryl methyl sites for hydroxylation is 1. The van der Waals surface area contributed by atoms with E-state index in [1.54, 1.807) is 23.2 Å². The molecule has 2 amide bonds. The number of hydrogen-bond acceptors (Lipinski definition) is 6. The van der Waals surface area contributed by atoms with Gasteiger partial charge >= 0.3 is 0 Å². The minimum atomic E-state index is -0.0841. The van der Waals surface area contributed by atoms with Crippen LogP contribution in [0.5, 0.6) is 0 Å². The molecule has 0 radical (unpaired) electrons. The van der Waals surface area contributed by atoms with E-state index in [9.17, 15) is 9.59 Å². The van der Waals surface area contributed by atoms with Gasteiger partial charge in [0.2, 0.25) is 5.91 Å². The zero-order valence-corrected chi connectivity index (χ0v) is 16.9. The maximum atomic E-state index is 12.7. The number of morpholine rings is 1. The summed E-state index contributed by atoms with van der Waals surface area (Å²) in [6, 6.07) is 2.00. The zero-order chi connectivity index (χ0) is 19.5. The number of likely N-dealkylation sites (tertiary alicyclic amines) is 1. The summed E-state index contributed by atoms with van der Waals surface area (Å²) in [5.74, 6) is 1.43. The Balaban J connectivity index is 1.35. The van der Waals surface area contributed by atoms with Crippen LogP contribution in [0.25, 0.3) is 0 Å². The van der Waals surface area contributed by atoms with Gasteiger partial charge in [0.25, 0.3) is 5.91 Å². The average Bonchev–Trinajstić information content (AvgIpc) is 3.38. The van der Waals surface area contributed by atoms with Gasteiger partial charge in [-0.2, -0.15) is 11.3 Å². The normalized spacial score (nSPS) is 18.5. The number of ether oxygens (including phenoxy) is 1. The van der Waals surface area contributed by atoms with E-state index in [4.69, 9.17) is 9.15 Å². The third-order valence-electron chi connectivity index (χ3n) is 5.45. The third kappa shape index (κ3) is 4.12. The molecule has 28 heavy (non-hydrogen) atoms. The zero-order valence-electron chi connectivity index (χ0n) is 16.1. The van der Waals surface area contributed by atoms with Gasteiger partial charge in [0, 0.05) is 32.1 Å². The molecule has 0 aliphatic carbocycles. The number of oxazole rings is 1. The van der Waals surface area contributed by atoms with Crippen molar-refractivity contribution in [1.82, 2.24) is 14.8 Å². The van der Waals surface area contributed by atoms with Crippen LogP contribution in [0, 0.1) is 6.92 Å². The topological polar surface area (TPSA) is 75.9 Å². The summed E-state index contributed by atoms with van der Waals surface area (Å²) in [5, 5.41) is 4.02. The largest absolute Gasteiger partial charge is 0.445 e. The smallest absolute Gasteiger partial charge is 0.276 e. The minimum Gasteiger partial charge on any atom is -0.445 e. The predicted octanol–water partition coefficient (Wildman–Crippen LogP) is 2.47. The summed E-state index contributed by atoms with van der Waals surface area (Å²) in [6.07, 6.45) is 2.07. The highest BCUT2D eigenvalue weighted by Gasteiger charge is 2.30. The first-order valence-corrected chi connectivity index (χ1v) is 10.7. The van der Waals surface area contributed by atoms with Crippen LogP contribution < -0.4 is 0 Å². The van der Waals surface area contributed by atoms with E-state index in [-0.39, 0.29) is 17.7 Å². The lowest BCUT2D eigenvalue weighted by atomic mass is 9.96. The van der Waals surface area contributed by atoms with E-state index in [1.807, 2.05) is 21.7 Å². The van der Waals surface area contributed by atoms with Crippen LogP contribution in [0.1, 0.15) is 46.5 Å². The Labute approximate surface area is 168 Å². The summed E-state index contributed by atoms with van der Waals surface area (Å²) < 4.78 is 11.2. The highest BCUT2D eigenvalue weighted by Crippen LogP contribution is 2.29. The van der Waals surface area contributed by atoms with Crippen molar-refractivity contribution in [3.63, 3.8) is 0 Å². The monoisotopic (exact) mass is 403 g/mol. The van der Waals surface area contributed by atoms with E-state index in [0.717, 1.165) is 18.4 Å². The number of carbonyl (C=O) groups is 2. The number of amides is 2. The SMILES string of the molecule is Cc1oc(C2CCN(C(=O)Cc3ccsc3)CC2)nc1C(=O)N1CCOCC1. The fourth-order valence-corrected chi connectivity index (χ4v) is 4.43. The third-order valence-corrected chi connectivity index (χ3v) is 6.18. The minimum absolute atomic E-state index is 0.0841. The van der Waals surface area contributed by atoms with Gasteiger partial charge in [-0.05, 0) is 42.2 Å².